The molecule has 1 amide bonds. The summed E-state index contributed by atoms with van der Waals surface area (Å²) in [7, 11) is 0. The summed E-state index contributed by atoms with van der Waals surface area (Å²) >= 11 is 0. The molecule has 0 spiro atoms. The van der Waals surface area contributed by atoms with Crippen LogP contribution in [0, 0.1) is 5.92 Å². The van der Waals surface area contributed by atoms with Crippen molar-refractivity contribution in [3.05, 3.63) is 58.7 Å². The van der Waals surface area contributed by atoms with E-state index in [0.29, 0.717) is 28.7 Å². The van der Waals surface area contributed by atoms with Crippen molar-refractivity contribution in [2.45, 2.75) is 43.4 Å². The molecular weight excluding hydrogens is 406 g/mol. The van der Waals surface area contributed by atoms with Gasteiger partial charge in [-0.25, -0.2) is 0 Å². The summed E-state index contributed by atoms with van der Waals surface area (Å²) in [5.41, 5.74) is 6.73. The van der Waals surface area contributed by atoms with E-state index in [1.807, 2.05) is 23.1 Å². The van der Waals surface area contributed by atoms with Crippen molar-refractivity contribution in [2.75, 3.05) is 25.4 Å². The van der Waals surface area contributed by atoms with Gasteiger partial charge in [0.15, 0.2) is 0 Å². The van der Waals surface area contributed by atoms with Crippen LogP contribution in [0.4, 0.5) is 5.69 Å². The van der Waals surface area contributed by atoms with Crippen molar-refractivity contribution in [1.29, 1.82) is 0 Å². The number of hydrogen-bond donors (Lipinski definition) is 3. The lowest BCUT2D eigenvalue weighted by molar-refractivity contribution is -0.175. The topological polar surface area (TPSA) is 105 Å². The van der Waals surface area contributed by atoms with Gasteiger partial charge in [-0.15, -0.1) is 0 Å². The Kier molecular flexibility index (Phi) is 4.05. The number of amides is 1. The van der Waals surface area contributed by atoms with Crippen molar-refractivity contribution >= 4 is 17.4 Å². The molecule has 0 aromatic heterocycles. The number of benzene rings is 2. The minimum atomic E-state index is -2.05. The SMILES string of the molecule is C[C@@H](c1ccc2c(c1)O[C@]1(O)c3cccc(N)c3C(=O)[C@]21NC(=O)CN1CCC1)C1CC1. The molecule has 166 valence electrons. The number of fused-ring (bicyclic) bond motifs is 5. The van der Waals surface area contributed by atoms with Crippen LogP contribution in [0.15, 0.2) is 36.4 Å². The van der Waals surface area contributed by atoms with E-state index in [1.165, 1.54) is 12.8 Å². The van der Waals surface area contributed by atoms with Gasteiger partial charge in [0, 0.05) is 16.8 Å². The minimum absolute atomic E-state index is 0.170. The Balaban J connectivity index is 1.48. The fraction of sp³-hybridized carbons (Fsp3) is 0.440. The fourth-order valence-corrected chi connectivity index (χ4v) is 5.53. The molecule has 6 rings (SSSR count). The standard InChI is InChI=1S/C25H27N3O4/c1-14(15-6-7-15)16-8-9-17-20(12-16)32-25(31)18-4-2-5-19(26)22(18)23(30)24(17,25)27-21(29)13-28-10-3-11-28/h2,4-5,8-9,12,14-15,31H,3,6-7,10-11,13,26H2,1H3,(H,27,29)/t14-,24-,25-/m1/s1. The van der Waals surface area contributed by atoms with Crippen LogP contribution < -0.4 is 15.8 Å². The van der Waals surface area contributed by atoms with E-state index in [1.54, 1.807) is 18.2 Å². The second kappa shape index (κ2) is 6.56. The van der Waals surface area contributed by atoms with E-state index in [9.17, 15) is 14.7 Å². The number of carbonyl (C=O) groups is 2. The number of nitrogen functional groups attached to an aromatic ring is 1. The molecule has 4 N–H and O–H groups in total. The zero-order valence-electron chi connectivity index (χ0n) is 18.1. The normalized spacial score (nSPS) is 28.9. The minimum Gasteiger partial charge on any atom is -0.454 e. The third-order valence-electron chi connectivity index (χ3n) is 7.70. The highest BCUT2D eigenvalue weighted by atomic mass is 16.6. The lowest BCUT2D eigenvalue weighted by Gasteiger charge is -2.36. The summed E-state index contributed by atoms with van der Waals surface area (Å²) in [4.78, 5) is 28.9. The van der Waals surface area contributed by atoms with Crippen molar-refractivity contribution in [3.8, 4) is 5.75 Å². The van der Waals surface area contributed by atoms with Gasteiger partial charge in [0.1, 0.15) is 5.75 Å². The van der Waals surface area contributed by atoms with Crippen LogP contribution in [-0.2, 0) is 16.1 Å². The predicted molar refractivity (Wildman–Crippen MR) is 118 cm³/mol. The number of ether oxygens (including phenoxy) is 1. The molecule has 2 aromatic carbocycles. The second-order valence-corrected chi connectivity index (χ2v) is 9.65. The van der Waals surface area contributed by atoms with Crippen molar-refractivity contribution in [2.24, 2.45) is 5.92 Å². The van der Waals surface area contributed by atoms with E-state index in [-0.39, 0.29) is 23.7 Å². The van der Waals surface area contributed by atoms with E-state index in [0.717, 1.165) is 25.1 Å². The smallest absolute Gasteiger partial charge is 0.271 e. The maximum absolute atomic E-state index is 13.9. The number of carbonyl (C=O) groups excluding carboxylic acids is 2. The van der Waals surface area contributed by atoms with Crippen LogP contribution in [0.5, 0.6) is 5.75 Å². The highest BCUT2D eigenvalue weighted by Gasteiger charge is 2.72. The molecule has 1 saturated carbocycles. The van der Waals surface area contributed by atoms with Crippen LogP contribution in [0.3, 0.4) is 0 Å². The number of nitrogens with one attached hydrogen (secondary N) is 1. The summed E-state index contributed by atoms with van der Waals surface area (Å²) in [5.74, 6) is -1.35. The van der Waals surface area contributed by atoms with Gasteiger partial charge in [0.25, 0.3) is 5.79 Å². The number of rotatable bonds is 5. The third-order valence-corrected chi connectivity index (χ3v) is 7.70. The van der Waals surface area contributed by atoms with E-state index >= 15 is 0 Å². The highest BCUT2D eigenvalue weighted by Crippen LogP contribution is 2.59. The number of nitrogens with zero attached hydrogens (tertiary/aromatic N) is 1. The van der Waals surface area contributed by atoms with Crippen LogP contribution in [0.1, 0.15) is 59.2 Å². The Morgan fingerprint density at radius 3 is 2.75 bits per heavy atom. The van der Waals surface area contributed by atoms with Gasteiger partial charge in [-0.05, 0) is 61.9 Å². The summed E-state index contributed by atoms with van der Waals surface area (Å²) in [6.45, 7) is 4.06. The van der Waals surface area contributed by atoms with Gasteiger partial charge in [0.05, 0.1) is 12.1 Å². The summed E-state index contributed by atoms with van der Waals surface area (Å²) in [6, 6.07) is 10.7. The molecule has 2 fully saturated rings. The monoisotopic (exact) mass is 433 g/mol. The molecule has 0 bridgehead atoms. The van der Waals surface area contributed by atoms with Gasteiger partial charge in [-0.1, -0.05) is 31.2 Å². The van der Waals surface area contributed by atoms with Gasteiger partial charge in [-0.3, -0.25) is 14.5 Å². The Morgan fingerprint density at radius 2 is 2.06 bits per heavy atom. The molecule has 32 heavy (non-hydrogen) atoms. The summed E-state index contributed by atoms with van der Waals surface area (Å²) in [6.07, 6.45) is 3.48. The number of hydrogen-bond acceptors (Lipinski definition) is 6. The molecule has 7 nitrogen and oxygen atoms in total. The van der Waals surface area contributed by atoms with Crippen LogP contribution >= 0.6 is 0 Å². The Bertz CT molecular complexity index is 1160. The molecule has 2 aliphatic heterocycles. The first-order valence-electron chi connectivity index (χ1n) is 11.4. The molecule has 2 aromatic rings. The van der Waals surface area contributed by atoms with Crippen LogP contribution in [-0.4, -0.2) is 41.3 Å². The Labute approximate surface area is 186 Å². The number of aliphatic hydroxyl groups is 1. The number of nitrogens with two attached hydrogens (primary N) is 1. The van der Waals surface area contributed by atoms with Gasteiger partial charge < -0.3 is 20.9 Å². The molecule has 1 saturated heterocycles. The first-order chi connectivity index (χ1) is 15.3. The van der Waals surface area contributed by atoms with Gasteiger partial charge in [0.2, 0.25) is 17.2 Å². The average molecular weight is 434 g/mol. The molecule has 3 atom stereocenters. The van der Waals surface area contributed by atoms with Crippen LogP contribution in [0.25, 0.3) is 0 Å². The van der Waals surface area contributed by atoms with Crippen molar-refractivity contribution in [1.82, 2.24) is 10.2 Å². The number of Topliss-reactive ketones (excluding diaryl/α,β-unsaturated/α-hetero) is 1. The van der Waals surface area contributed by atoms with Gasteiger partial charge >= 0.3 is 0 Å². The lowest BCUT2D eigenvalue weighted by atomic mass is 9.81. The molecule has 0 radical (unpaired) electrons. The molecular formula is C25H27N3O4. The van der Waals surface area contributed by atoms with Gasteiger partial charge in [-0.2, -0.15) is 0 Å². The lowest BCUT2D eigenvalue weighted by Crippen LogP contribution is -2.61. The Hall–Kier alpha value is -2.90. The molecule has 0 unspecified atom stereocenters. The molecule has 2 heterocycles. The van der Waals surface area contributed by atoms with E-state index in [2.05, 4.69) is 12.2 Å². The first-order valence-corrected chi connectivity index (χ1v) is 11.4. The summed E-state index contributed by atoms with van der Waals surface area (Å²) in [5, 5.41) is 14.8. The molecule has 7 heteroatoms. The number of ketones is 1. The van der Waals surface area contributed by atoms with E-state index in [4.69, 9.17) is 10.5 Å². The van der Waals surface area contributed by atoms with E-state index < -0.39 is 17.1 Å². The van der Waals surface area contributed by atoms with Crippen molar-refractivity contribution in [3.63, 3.8) is 0 Å². The first kappa shape index (κ1) is 19.8. The highest BCUT2D eigenvalue weighted by molar-refractivity contribution is 6.15. The fourth-order valence-electron chi connectivity index (χ4n) is 5.53. The third kappa shape index (κ3) is 2.49. The predicted octanol–water partition coefficient (Wildman–Crippen LogP) is 2.23. The zero-order chi connectivity index (χ0) is 22.3. The molecule has 4 aliphatic rings. The van der Waals surface area contributed by atoms with Crippen molar-refractivity contribution < 1.29 is 19.4 Å². The maximum atomic E-state index is 13.9. The van der Waals surface area contributed by atoms with Crippen LogP contribution in [0.2, 0.25) is 0 Å². The Morgan fingerprint density at radius 1 is 1.28 bits per heavy atom. The average Bonchev–Trinajstić information content (AvgIpc) is 3.52. The second-order valence-electron chi connectivity index (χ2n) is 9.65. The number of likely N-dealkylation sites (tertiary alicyclic amines) is 1. The quantitative estimate of drug-likeness (QED) is 0.625. The summed E-state index contributed by atoms with van der Waals surface area (Å²) < 4.78 is 6.16. The largest absolute Gasteiger partial charge is 0.454 e. The number of anilines is 1. The maximum Gasteiger partial charge on any atom is 0.271 e. The molecule has 2 aliphatic carbocycles. The zero-order valence-corrected chi connectivity index (χ0v) is 18.1.